The van der Waals surface area contributed by atoms with Crippen molar-refractivity contribution < 1.29 is 14.6 Å². The van der Waals surface area contributed by atoms with E-state index in [2.05, 4.69) is 18.3 Å². The molecule has 0 aromatic heterocycles. The van der Waals surface area contributed by atoms with Gasteiger partial charge < -0.3 is 19.9 Å². The number of ether oxygens (including phenoxy) is 2. The molecule has 1 heterocycles. The quantitative estimate of drug-likeness (QED) is 0.887. The number of rotatable bonds is 5. The predicted molar refractivity (Wildman–Crippen MR) is 80.2 cm³/mol. The SMILES string of the molecule is CC(NCc1ccc2c(c1)OCO2)c1cccc(CO)c1. The summed E-state index contributed by atoms with van der Waals surface area (Å²) in [7, 11) is 0. The summed E-state index contributed by atoms with van der Waals surface area (Å²) >= 11 is 0. The second-order valence-corrected chi connectivity index (χ2v) is 5.19. The van der Waals surface area contributed by atoms with Crippen molar-refractivity contribution in [2.45, 2.75) is 26.1 Å². The van der Waals surface area contributed by atoms with Gasteiger partial charge in [-0.2, -0.15) is 0 Å². The van der Waals surface area contributed by atoms with E-state index in [0.29, 0.717) is 6.79 Å². The van der Waals surface area contributed by atoms with Crippen LogP contribution in [0.5, 0.6) is 11.5 Å². The van der Waals surface area contributed by atoms with E-state index in [0.717, 1.165) is 29.2 Å². The Bertz CT molecular complexity index is 627. The molecule has 4 nitrogen and oxygen atoms in total. The fourth-order valence-corrected chi connectivity index (χ4v) is 2.40. The third kappa shape index (κ3) is 3.17. The molecule has 2 aromatic carbocycles. The van der Waals surface area contributed by atoms with Gasteiger partial charge in [-0.1, -0.05) is 30.3 Å². The monoisotopic (exact) mass is 285 g/mol. The van der Waals surface area contributed by atoms with Crippen LogP contribution in [0.1, 0.15) is 29.7 Å². The molecule has 0 bridgehead atoms. The minimum absolute atomic E-state index is 0.0721. The molecule has 1 aliphatic rings. The third-order valence-electron chi connectivity index (χ3n) is 3.68. The van der Waals surface area contributed by atoms with Gasteiger partial charge in [0.25, 0.3) is 0 Å². The first-order chi connectivity index (χ1) is 10.3. The summed E-state index contributed by atoms with van der Waals surface area (Å²) in [6.07, 6.45) is 0. The zero-order valence-electron chi connectivity index (χ0n) is 12.0. The molecule has 1 aliphatic heterocycles. The second kappa shape index (κ2) is 6.16. The molecule has 0 spiro atoms. The summed E-state index contributed by atoms with van der Waals surface area (Å²) in [6.45, 7) is 3.24. The first-order valence-electron chi connectivity index (χ1n) is 7.08. The van der Waals surface area contributed by atoms with E-state index in [9.17, 15) is 5.11 Å². The van der Waals surface area contributed by atoms with Crippen molar-refractivity contribution in [3.63, 3.8) is 0 Å². The molecule has 0 saturated heterocycles. The van der Waals surface area contributed by atoms with Gasteiger partial charge in [-0.05, 0) is 35.7 Å². The summed E-state index contributed by atoms with van der Waals surface area (Å²) < 4.78 is 10.7. The van der Waals surface area contributed by atoms with E-state index in [-0.39, 0.29) is 12.6 Å². The highest BCUT2D eigenvalue weighted by molar-refractivity contribution is 5.44. The lowest BCUT2D eigenvalue weighted by molar-refractivity contribution is 0.174. The van der Waals surface area contributed by atoms with E-state index >= 15 is 0 Å². The maximum atomic E-state index is 9.20. The normalized spacial score (nSPS) is 14.2. The Morgan fingerprint density at radius 1 is 1.10 bits per heavy atom. The smallest absolute Gasteiger partial charge is 0.231 e. The van der Waals surface area contributed by atoms with Crippen LogP contribution < -0.4 is 14.8 Å². The van der Waals surface area contributed by atoms with E-state index in [4.69, 9.17) is 9.47 Å². The van der Waals surface area contributed by atoms with Gasteiger partial charge in [0.2, 0.25) is 6.79 Å². The van der Waals surface area contributed by atoms with Crippen molar-refractivity contribution in [1.29, 1.82) is 0 Å². The van der Waals surface area contributed by atoms with Gasteiger partial charge in [0.1, 0.15) is 0 Å². The van der Waals surface area contributed by atoms with Crippen LogP contribution in [0.2, 0.25) is 0 Å². The van der Waals surface area contributed by atoms with E-state index in [1.165, 1.54) is 5.56 Å². The van der Waals surface area contributed by atoms with Gasteiger partial charge in [-0.25, -0.2) is 0 Å². The molecule has 0 radical (unpaired) electrons. The fraction of sp³-hybridized carbons (Fsp3) is 0.294. The predicted octanol–water partition coefficient (Wildman–Crippen LogP) is 2.76. The van der Waals surface area contributed by atoms with E-state index in [1.807, 2.05) is 36.4 Å². The Balaban J connectivity index is 1.64. The van der Waals surface area contributed by atoms with Crippen LogP contribution in [0.4, 0.5) is 0 Å². The average molecular weight is 285 g/mol. The minimum atomic E-state index is 0.0721. The van der Waals surface area contributed by atoms with Crippen LogP contribution >= 0.6 is 0 Å². The van der Waals surface area contributed by atoms with Gasteiger partial charge in [-0.15, -0.1) is 0 Å². The molecule has 110 valence electrons. The number of hydrogen-bond acceptors (Lipinski definition) is 4. The number of benzene rings is 2. The maximum absolute atomic E-state index is 9.20. The van der Waals surface area contributed by atoms with E-state index < -0.39 is 0 Å². The molecule has 4 heteroatoms. The zero-order valence-corrected chi connectivity index (χ0v) is 12.0. The number of nitrogens with one attached hydrogen (secondary N) is 1. The molecule has 1 atom stereocenters. The number of hydrogen-bond donors (Lipinski definition) is 2. The first-order valence-corrected chi connectivity index (χ1v) is 7.08. The van der Waals surface area contributed by atoms with Gasteiger partial charge >= 0.3 is 0 Å². The summed E-state index contributed by atoms with van der Waals surface area (Å²) in [6, 6.07) is 14.2. The van der Waals surface area contributed by atoms with Gasteiger partial charge in [0.15, 0.2) is 11.5 Å². The Morgan fingerprint density at radius 2 is 1.95 bits per heavy atom. The lowest BCUT2D eigenvalue weighted by atomic mass is 10.1. The van der Waals surface area contributed by atoms with Crippen LogP contribution in [0.25, 0.3) is 0 Å². The van der Waals surface area contributed by atoms with Crippen LogP contribution in [0, 0.1) is 0 Å². The number of aliphatic hydroxyl groups is 1. The molecule has 0 saturated carbocycles. The van der Waals surface area contributed by atoms with Crippen molar-refractivity contribution in [3.05, 3.63) is 59.2 Å². The average Bonchev–Trinajstić information content (AvgIpc) is 3.00. The molecule has 0 amide bonds. The summed E-state index contributed by atoms with van der Waals surface area (Å²) in [5.74, 6) is 1.62. The van der Waals surface area contributed by atoms with E-state index in [1.54, 1.807) is 0 Å². The maximum Gasteiger partial charge on any atom is 0.231 e. The third-order valence-corrected chi connectivity index (χ3v) is 3.68. The number of aliphatic hydroxyl groups excluding tert-OH is 1. The highest BCUT2D eigenvalue weighted by atomic mass is 16.7. The first kappa shape index (κ1) is 13.9. The van der Waals surface area contributed by atoms with Crippen molar-refractivity contribution in [2.24, 2.45) is 0 Å². The molecule has 0 aliphatic carbocycles. The van der Waals surface area contributed by atoms with Crippen LogP contribution in [0.15, 0.2) is 42.5 Å². The van der Waals surface area contributed by atoms with Gasteiger partial charge in [-0.3, -0.25) is 0 Å². The van der Waals surface area contributed by atoms with Gasteiger partial charge in [0, 0.05) is 12.6 Å². The van der Waals surface area contributed by atoms with Crippen LogP contribution in [0.3, 0.4) is 0 Å². The topological polar surface area (TPSA) is 50.7 Å². The molecule has 1 unspecified atom stereocenters. The largest absolute Gasteiger partial charge is 0.454 e. The summed E-state index contributed by atoms with van der Waals surface area (Å²) in [4.78, 5) is 0. The van der Waals surface area contributed by atoms with Crippen LogP contribution in [-0.4, -0.2) is 11.9 Å². The lowest BCUT2D eigenvalue weighted by Crippen LogP contribution is -2.18. The van der Waals surface area contributed by atoms with Crippen molar-refractivity contribution >= 4 is 0 Å². The molecule has 3 rings (SSSR count). The fourth-order valence-electron chi connectivity index (χ4n) is 2.40. The molecule has 0 fully saturated rings. The van der Waals surface area contributed by atoms with Gasteiger partial charge in [0.05, 0.1) is 6.61 Å². The Labute approximate surface area is 124 Å². The molecule has 2 N–H and O–H groups in total. The molecular weight excluding hydrogens is 266 g/mol. The highest BCUT2D eigenvalue weighted by Crippen LogP contribution is 2.32. The summed E-state index contributed by atoms with van der Waals surface area (Å²) in [5.41, 5.74) is 3.26. The second-order valence-electron chi connectivity index (χ2n) is 5.19. The molecule has 21 heavy (non-hydrogen) atoms. The van der Waals surface area contributed by atoms with Crippen LogP contribution in [-0.2, 0) is 13.2 Å². The highest BCUT2D eigenvalue weighted by Gasteiger charge is 2.13. The van der Waals surface area contributed by atoms with Crippen molar-refractivity contribution in [3.8, 4) is 11.5 Å². The molecular formula is C17H19NO3. The zero-order chi connectivity index (χ0) is 14.7. The lowest BCUT2D eigenvalue weighted by Gasteiger charge is -2.15. The standard InChI is InChI=1S/C17H19NO3/c1-12(15-4-2-3-14(7-15)10-19)18-9-13-5-6-16-17(8-13)21-11-20-16/h2-8,12,18-19H,9-11H2,1H3. The molecule has 2 aromatic rings. The van der Waals surface area contributed by atoms with Crippen molar-refractivity contribution in [1.82, 2.24) is 5.32 Å². The number of fused-ring (bicyclic) bond motifs is 1. The Hall–Kier alpha value is -2.04. The summed E-state index contributed by atoms with van der Waals surface area (Å²) in [5, 5.41) is 12.7. The Morgan fingerprint density at radius 3 is 2.81 bits per heavy atom. The van der Waals surface area contributed by atoms with Crippen molar-refractivity contribution in [2.75, 3.05) is 6.79 Å². The Kier molecular flexibility index (Phi) is 4.08. The minimum Gasteiger partial charge on any atom is -0.454 e.